The minimum atomic E-state index is -0.981. The second kappa shape index (κ2) is 9.35. The molecule has 3 rings (SSSR count). The highest BCUT2D eigenvalue weighted by molar-refractivity contribution is 5.68. The summed E-state index contributed by atoms with van der Waals surface area (Å²) in [5.74, 6) is 0. The van der Waals surface area contributed by atoms with Crippen LogP contribution in [-0.2, 0) is 11.3 Å². The topological polar surface area (TPSA) is 81.7 Å². The van der Waals surface area contributed by atoms with E-state index >= 15 is 0 Å². The monoisotopic (exact) mass is 417 g/mol. The van der Waals surface area contributed by atoms with Gasteiger partial charge in [0.05, 0.1) is 13.1 Å². The van der Waals surface area contributed by atoms with Crippen molar-refractivity contribution in [3.05, 3.63) is 35.9 Å². The highest BCUT2D eigenvalue weighted by Gasteiger charge is 2.37. The molecule has 0 aromatic heterocycles. The van der Waals surface area contributed by atoms with Crippen molar-refractivity contribution < 1.29 is 23.9 Å². The molecule has 2 aliphatic heterocycles. The van der Waals surface area contributed by atoms with E-state index in [0.717, 1.165) is 44.3 Å². The molecule has 2 saturated heterocycles. The molecule has 2 fully saturated rings. The fourth-order valence-corrected chi connectivity index (χ4v) is 4.70. The first-order valence-corrected chi connectivity index (χ1v) is 11.0. The van der Waals surface area contributed by atoms with Crippen LogP contribution < -0.4 is 10.4 Å². The molecule has 0 bridgehead atoms. The third-order valence-electron chi connectivity index (χ3n) is 6.19. The van der Waals surface area contributed by atoms with E-state index in [2.05, 4.69) is 10.2 Å². The number of benzene rings is 1. The summed E-state index contributed by atoms with van der Waals surface area (Å²) in [5.41, 5.74) is 0.525. The number of rotatable bonds is 4. The molecule has 1 aromatic carbocycles. The summed E-state index contributed by atoms with van der Waals surface area (Å²) in [6.45, 7) is 8.91. The number of hydrogen-bond donors (Lipinski definition) is 1. The maximum absolute atomic E-state index is 12.1. The number of carbonyl (C=O) groups excluding carboxylic acids is 2. The van der Waals surface area contributed by atoms with Crippen molar-refractivity contribution in [1.29, 1.82) is 0 Å². The molecule has 7 nitrogen and oxygen atoms in total. The lowest BCUT2D eigenvalue weighted by Gasteiger charge is -2.37. The Labute approximate surface area is 179 Å². The maximum atomic E-state index is 12.1. The van der Waals surface area contributed by atoms with Crippen LogP contribution in [0, 0.1) is 0 Å². The van der Waals surface area contributed by atoms with Crippen molar-refractivity contribution in [2.75, 3.05) is 26.2 Å². The molecule has 166 valence electrons. The van der Waals surface area contributed by atoms with Crippen LogP contribution in [0.25, 0.3) is 0 Å². The average molecular weight is 418 g/mol. The van der Waals surface area contributed by atoms with Gasteiger partial charge in [0.1, 0.15) is 12.1 Å². The smallest absolute Gasteiger partial charge is 0.407 e. The van der Waals surface area contributed by atoms with Crippen molar-refractivity contribution in [3.8, 4) is 0 Å². The number of likely N-dealkylation sites (tertiary alicyclic amines) is 2. The molecule has 1 N–H and O–H groups in total. The number of quaternary nitrogens is 1. The highest BCUT2D eigenvalue weighted by Crippen LogP contribution is 2.27. The number of ether oxygens (including phenoxy) is 1. The molecular weight excluding hydrogens is 382 g/mol. The first-order chi connectivity index (χ1) is 14.2. The highest BCUT2D eigenvalue weighted by atomic mass is 16.6. The quantitative estimate of drug-likeness (QED) is 0.762. The summed E-state index contributed by atoms with van der Waals surface area (Å²) in [4.78, 5) is 26.6. The van der Waals surface area contributed by atoms with Gasteiger partial charge in [-0.25, -0.2) is 4.79 Å². The second-order valence-electron chi connectivity index (χ2n) is 9.71. The van der Waals surface area contributed by atoms with Crippen LogP contribution in [0.4, 0.5) is 9.59 Å². The summed E-state index contributed by atoms with van der Waals surface area (Å²) in [7, 11) is 0. The van der Waals surface area contributed by atoms with Crippen molar-refractivity contribution in [2.24, 2.45) is 0 Å². The molecule has 3 atom stereocenters. The summed E-state index contributed by atoms with van der Waals surface area (Å²) in [5, 5.41) is 15.1. The van der Waals surface area contributed by atoms with Crippen LogP contribution in [0.2, 0.25) is 0 Å². The predicted molar refractivity (Wildman–Crippen MR) is 113 cm³/mol. The zero-order valence-corrected chi connectivity index (χ0v) is 18.4. The van der Waals surface area contributed by atoms with Gasteiger partial charge in [0, 0.05) is 37.2 Å². The van der Waals surface area contributed by atoms with Gasteiger partial charge in [-0.05, 0) is 40.0 Å². The van der Waals surface area contributed by atoms with Crippen LogP contribution >= 0.6 is 0 Å². The standard InChI is InChI=1S/C23H35N3O4/c1-23(2,3)30-21(27)24-19-11-13-25(16-19)20-10-7-14-26(15-12-20,22(28)29)17-18-8-5-4-6-9-18/h4-6,8-9,19-20H,7,10-17H2,1-3H3,(H-,24,27,28,29)/t19-,20-,26?/m1/s1. The van der Waals surface area contributed by atoms with Crippen LogP contribution in [0.3, 0.4) is 0 Å². The molecule has 2 amide bonds. The molecule has 0 saturated carbocycles. The van der Waals surface area contributed by atoms with Gasteiger partial charge >= 0.3 is 6.09 Å². The molecule has 2 heterocycles. The largest absolute Gasteiger partial charge is 0.498 e. The van der Waals surface area contributed by atoms with Gasteiger partial charge in [-0.2, -0.15) is 0 Å². The fraction of sp³-hybridized carbons (Fsp3) is 0.652. The van der Waals surface area contributed by atoms with E-state index in [-0.39, 0.29) is 16.6 Å². The number of nitrogens with one attached hydrogen (secondary N) is 1. The van der Waals surface area contributed by atoms with E-state index in [1.165, 1.54) is 0 Å². The fourth-order valence-electron chi connectivity index (χ4n) is 4.70. The Kier molecular flexibility index (Phi) is 7.03. The van der Waals surface area contributed by atoms with Gasteiger partial charge in [0.15, 0.2) is 0 Å². The Morgan fingerprint density at radius 1 is 1.17 bits per heavy atom. The lowest BCUT2D eigenvalue weighted by molar-refractivity contribution is -0.888. The Hall–Kier alpha value is -2.12. The van der Waals surface area contributed by atoms with Gasteiger partial charge in [0.25, 0.3) is 6.09 Å². The molecule has 1 aromatic rings. The van der Waals surface area contributed by atoms with Crippen molar-refractivity contribution in [3.63, 3.8) is 0 Å². The minimum Gasteiger partial charge on any atom is -0.498 e. The van der Waals surface area contributed by atoms with Gasteiger partial charge in [-0.1, -0.05) is 30.3 Å². The molecule has 1 unspecified atom stereocenters. The molecule has 0 radical (unpaired) electrons. The third-order valence-corrected chi connectivity index (χ3v) is 6.19. The van der Waals surface area contributed by atoms with Gasteiger partial charge in [0.2, 0.25) is 0 Å². The van der Waals surface area contributed by atoms with Crippen molar-refractivity contribution in [2.45, 2.75) is 70.7 Å². The lowest BCUT2D eigenvalue weighted by Crippen LogP contribution is -2.58. The van der Waals surface area contributed by atoms with E-state index in [9.17, 15) is 14.7 Å². The third kappa shape index (κ3) is 5.95. The Morgan fingerprint density at radius 2 is 1.90 bits per heavy atom. The number of alkyl carbamates (subject to hydrolysis) is 1. The Bertz CT molecular complexity index is 734. The first kappa shape index (κ1) is 22.6. The molecule has 30 heavy (non-hydrogen) atoms. The molecule has 7 heteroatoms. The van der Waals surface area contributed by atoms with Crippen molar-refractivity contribution >= 4 is 12.2 Å². The maximum Gasteiger partial charge on any atom is 0.407 e. The zero-order chi connectivity index (χ0) is 21.8. The number of carbonyl (C=O) groups is 2. The van der Waals surface area contributed by atoms with E-state index < -0.39 is 11.7 Å². The summed E-state index contributed by atoms with van der Waals surface area (Å²) in [6, 6.07) is 10.2. The van der Waals surface area contributed by atoms with Crippen LogP contribution in [0.1, 0.15) is 52.0 Å². The molecule has 2 aliphatic rings. The van der Waals surface area contributed by atoms with Crippen LogP contribution in [0.15, 0.2) is 30.3 Å². The number of amides is 2. The molecule has 0 aliphatic carbocycles. The van der Waals surface area contributed by atoms with Gasteiger partial charge in [-0.15, -0.1) is 0 Å². The number of hydrogen-bond acceptors (Lipinski definition) is 5. The van der Waals surface area contributed by atoms with Crippen LogP contribution in [0.5, 0.6) is 0 Å². The number of nitrogens with zero attached hydrogens (tertiary/aromatic N) is 2. The first-order valence-electron chi connectivity index (χ1n) is 11.0. The minimum absolute atomic E-state index is 0.00601. The second-order valence-corrected chi connectivity index (χ2v) is 9.71. The average Bonchev–Trinajstić information content (AvgIpc) is 3.00. The summed E-state index contributed by atoms with van der Waals surface area (Å²) >= 11 is 0. The lowest BCUT2D eigenvalue weighted by atomic mass is 10.1. The van der Waals surface area contributed by atoms with Gasteiger partial charge < -0.3 is 20.0 Å². The molecule has 0 spiro atoms. The SMILES string of the molecule is CC(C)(C)OC(=O)N[C@@H]1CCN([C@@H]2CCC[N+](Cc3ccccc3)(C(=O)[O-])CC2)C1. The van der Waals surface area contributed by atoms with Crippen molar-refractivity contribution in [1.82, 2.24) is 10.2 Å². The Balaban J connectivity index is 1.57. The zero-order valence-electron chi connectivity index (χ0n) is 18.4. The predicted octanol–water partition coefficient (Wildman–Crippen LogP) is 2.50. The normalized spacial score (nSPS) is 28.0. The van der Waals surface area contributed by atoms with E-state index in [1.54, 1.807) is 0 Å². The van der Waals surface area contributed by atoms with E-state index in [0.29, 0.717) is 25.7 Å². The van der Waals surface area contributed by atoms with Crippen LogP contribution in [-0.4, -0.2) is 65.4 Å². The summed E-state index contributed by atoms with van der Waals surface area (Å²) < 4.78 is 5.36. The summed E-state index contributed by atoms with van der Waals surface area (Å²) in [6.07, 6.45) is 2.18. The number of carboxylic acid groups (broad SMARTS) is 1. The van der Waals surface area contributed by atoms with E-state index in [1.807, 2.05) is 51.1 Å². The van der Waals surface area contributed by atoms with Gasteiger partial charge in [-0.3, -0.25) is 9.38 Å². The molecular formula is C23H35N3O4. The Morgan fingerprint density at radius 3 is 2.57 bits per heavy atom. The van der Waals surface area contributed by atoms with E-state index in [4.69, 9.17) is 4.74 Å².